The molecule has 2 aromatic rings. The van der Waals surface area contributed by atoms with Crippen molar-refractivity contribution in [2.24, 2.45) is 0 Å². The van der Waals surface area contributed by atoms with Crippen LogP contribution in [0.3, 0.4) is 0 Å². The van der Waals surface area contributed by atoms with E-state index in [1.54, 1.807) is 31.2 Å². The molecule has 0 spiro atoms. The lowest BCUT2D eigenvalue weighted by Crippen LogP contribution is -2.07. The van der Waals surface area contributed by atoms with Crippen molar-refractivity contribution in [1.82, 2.24) is 0 Å². The number of hydrogen-bond acceptors (Lipinski definition) is 4. The summed E-state index contributed by atoms with van der Waals surface area (Å²) >= 11 is 0. The molecule has 0 aliphatic carbocycles. The van der Waals surface area contributed by atoms with Gasteiger partial charge in [-0.05, 0) is 24.4 Å². The normalized spacial score (nSPS) is 12.1. The topological polar surface area (TPSA) is 69.4 Å². The SMILES string of the molecule is CC(=O)OC(C)c1ccc2ccccc2c1[N+](=O)[O-]. The van der Waals surface area contributed by atoms with Gasteiger partial charge in [-0.25, -0.2) is 0 Å². The predicted octanol–water partition coefficient (Wildman–Crippen LogP) is 3.37. The highest BCUT2D eigenvalue weighted by Crippen LogP contribution is 2.34. The fourth-order valence-electron chi connectivity index (χ4n) is 2.12. The summed E-state index contributed by atoms with van der Waals surface area (Å²) in [5, 5.41) is 12.6. The van der Waals surface area contributed by atoms with E-state index in [9.17, 15) is 14.9 Å². The van der Waals surface area contributed by atoms with Gasteiger partial charge < -0.3 is 4.74 Å². The first-order valence-corrected chi connectivity index (χ1v) is 5.84. The zero-order valence-electron chi connectivity index (χ0n) is 10.6. The van der Waals surface area contributed by atoms with Crippen molar-refractivity contribution < 1.29 is 14.5 Å². The van der Waals surface area contributed by atoms with Crippen LogP contribution in [0.25, 0.3) is 10.8 Å². The van der Waals surface area contributed by atoms with Crippen molar-refractivity contribution in [1.29, 1.82) is 0 Å². The number of ether oxygens (including phenoxy) is 1. The van der Waals surface area contributed by atoms with Crippen molar-refractivity contribution in [3.05, 3.63) is 52.1 Å². The van der Waals surface area contributed by atoms with E-state index < -0.39 is 17.0 Å². The van der Waals surface area contributed by atoms with Gasteiger partial charge in [0.15, 0.2) is 0 Å². The summed E-state index contributed by atoms with van der Waals surface area (Å²) < 4.78 is 5.03. The van der Waals surface area contributed by atoms with Gasteiger partial charge in [-0.2, -0.15) is 0 Å². The number of benzene rings is 2. The maximum Gasteiger partial charge on any atom is 0.303 e. The van der Waals surface area contributed by atoms with Crippen molar-refractivity contribution in [2.75, 3.05) is 0 Å². The van der Waals surface area contributed by atoms with E-state index in [1.807, 2.05) is 12.1 Å². The smallest absolute Gasteiger partial charge is 0.303 e. The Hall–Kier alpha value is -2.43. The maximum atomic E-state index is 11.3. The molecule has 0 N–H and O–H groups in total. The highest BCUT2D eigenvalue weighted by molar-refractivity contribution is 5.92. The minimum absolute atomic E-state index is 0.00755. The number of carbonyl (C=O) groups is 1. The second-order valence-corrected chi connectivity index (χ2v) is 4.23. The number of nitro groups is 1. The molecule has 5 nitrogen and oxygen atoms in total. The summed E-state index contributed by atoms with van der Waals surface area (Å²) in [5.41, 5.74) is 0.394. The van der Waals surface area contributed by atoms with Gasteiger partial charge in [0.25, 0.3) is 5.69 Å². The molecular weight excluding hydrogens is 246 g/mol. The van der Waals surface area contributed by atoms with Gasteiger partial charge in [-0.1, -0.05) is 24.3 Å². The number of nitro benzene ring substituents is 1. The van der Waals surface area contributed by atoms with Crippen LogP contribution in [-0.2, 0) is 9.53 Å². The zero-order chi connectivity index (χ0) is 14.0. The lowest BCUT2D eigenvalue weighted by Gasteiger charge is -2.13. The highest BCUT2D eigenvalue weighted by Gasteiger charge is 2.23. The second-order valence-electron chi connectivity index (χ2n) is 4.23. The fraction of sp³-hybridized carbons (Fsp3) is 0.214. The molecule has 1 unspecified atom stereocenters. The van der Waals surface area contributed by atoms with Crippen LogP contribution in [0.4, 0.5) is 5.69 Å². The average Bonchev–Trinajstić information content (AvgIpc) is 2.36. The predicted molar refractivity (Wildman–Crippen MR) is 70.8 cm³/mol. The number of hydrogen-bond donors (Lipinski definition) is 0. The Morgan fingerprint density at radius 2 is 1.95 bits per heavy atom. The summed E-state index contributed by atoms with van der Waals surface area (Å²) in [4.78, 5) is 21.8. The summed E-state index contributed by atoms with van der Waals surface area (Å²) in [6.45, 7) is 2.90. The first-order valence-electron chi connectivity index (χ1n) is 5.84. The molecule has 0 bridgehead atoms. The number of nitrogens with zero attached hydrogens (tertiary/aromatic N) is 1. The maximum absolute atomic E-state index is 11.3. The first-order chi connectivity index (χ1) is 9.00. The van der Waals surface area contributed by atoms with Crippen molar-refractivity contribution in [3.8, 4) is 0 Å². The van der Waals surface area contributed by atoms with Crippen LogP contribution in [0.5, 0.6) is 0 Å². The molecule has 2 aromatic carbocycles. The Morgan fingerprint density at radius 3 is 2.58 bits per heavy atom. The van der Waals surface area contributed by atoms with E-state index in [0.717, 1.165) is 5.39 Å². The second kappa shape index (κ2) is 5.06. The molecule has 0 heterocycles. The van der Waals surface area contributed by atoms with Gasteiger partial charge in [-0.15, -0.1) is 0 Å². The van der Waals surface area contributed by atoms with E-state index in [2.05, 4.69) is 0 Å². The minimum atomic E-state index is -0.650. The molecule has 0 aromatic heterocycles. The van der Waals surface area contributed by atoms with E-state index in [4.69, 9.17) is 4.74 Å². The number of carbonyl (C=O) groups excluding carboxylic acids is 1. The Morgan fingerprint density at radius 1 is 1.26 bits per heavy atom. The lowest BCUT2D eigenvalue weighted by molar-refractivity contribution is -0.384. The van der Waals surface area contributed by atoms with E-state index in [-0.39, 0.29) is 5.69 Å². The molecule has 0 amide bonds. The Labute approximate surface area is 110 Å². The molecule has 0 fully saturated rings. The summed E-state index contributed by atoms with van der Waals surface area (Å²) in [6.07, 6.45) is -0.650. The van der Waals surface area contributed by atoms with Crippen LogP contribution in [0.1, 0.15) is 25.5 Å². The number of rotatable bonds is 3. The number of fused-ring (bicyclic) bond motifs is 1. The zero-order valence-corrected chi connectivity index (χ0v) is 10.6. The molecule has 5 heteroatoms. The standard InChI is InChI=1S/C14H13NO4/c1-9(19-10(2)16)12-8-7-11-5-3-4-6-13(11)14(12)15(17)18/h3-9H,1-2H3. The van der Waals surface area contributed by atoms with Crippen LogP contribution >= 0.6 is 0 Å². The molecule has 0 aliphatic heterocycles. The minimum Gasteiger partial charge on any atom is -0.458 e. The third kappa shape index (κ3) is 2.54. The van der Waals surface area contributed by atoms with Crippen LogP contribution in [-0.4, -0.2) is 10.9 Å². The molecule has 1 atom stereocenters. The van der Waals surface area contributed by atoms with E-state index >= 15 is 0 Å². The Balaban J connectivity index is 2.64. The van der Waals surface area contributed by atoms with Crippen LogP contribution in [0.15, 0.2) is 36.4 Å². The third-order valence-electron chi connectivity index (χ3n) is 2.90. The molecule has 0 radical (unpaired) electrons. The molecular formula is C14H13NO4. The molecule has 2 rings (SSSR count). The fourth-order valence-corrected chi connectivity index (χ4v) is 2.12. The van der Waals surface area contributed by atoms with E-state index in [0.29, 0.717) is 10.9 Å². The molecule has 19 heavy (non-hydrogen) atoms. The van der Waals surface area contributed by atoms with Gasteiger partial charge in [0.2, 0.25) is 0 Å². The molecule has 0 aliphatic rings. The average molecular weight is 259 g/mol. The third-order valence-corrected chi connectivity index (χ3v) is 2.90. The van der Waals surface area contributed by atoms with Crippen molar-refractivity contribution >= 4 is 22.4 Å². The first kappa shape index (κ1) is 13.0. The van der Waals surface area contributed by atoms with Crippen molar-refractivity contribution in [2.45, 2.75) is 20.0 Å². The Bertz CT molecular complexity index is 651. The monoisotopic (exact) mass is 259 g/mol. The van der Waals surface area contributed by atoms with Gasteiger partial charge in [-0.3, -0.25) is 14.9 Å². The molecule has 0 saturated heterocycles. The van der Waals surface area contributed by atoms with Crippen molar-refractivity contribution in [3.63, 3.8) is 0 Å². The van der Waals surface area contributed by atoms with E-state index in [1.165, 1.54) is 6.92 Å². The highest BCUT2D eigenvalue weighted by atomic mass is 16.6. The largest absolute Gasteiger partial charge is 0.458 e. The quantitative estimate of drug-likeness (QED) is 0.481. The molecule has 0 saturated carbocycles. The Kier molecular flexibility index (Phi) is 3.46. The lowest BCUT2D eigenvalue weighted by atomic mass is 10.0. The van der Waals surface area contributed by atoms with Gasteiger partial charge in [0.05, 0.1) is 15.9 Å². The number of esters is 1. The van der Waals surface area contributed by atoms with Crippen LogP contribution in [0, 0.1) is 10.1 Å². The summed E-state index contributed by atoms with van der Waals surface area (Å²) in [5.74, 6) is -0.463. The summed E-state index contributed by atoms with van der Waals surface area (Å²) in [7, 11) is 0. The van der Waals surface area contributed by atoms with Crippen LogP contribution in [0.2, 0.25) is 0 Å². The van der Waals surface area contributed by atoms with Gasteiger partial charge in [0.1, 0.15) is 6.10 Å². The van der Waals surface area contributed by atoms with Gasteiger partial charge in [0, 0.05) is 6.92 Å². The van der Waals surface area contributed by atoms with Crippen LogP contribution < -0.4 is 0 Å². The van der Waals surface area contributed by atoms with Gasteiger partial charge >= 0.3 is 5.97 Å². The molecule has 98 valence electrons. The summed E-state index contributed by atoms with van der Waals surface area (Å²) in [6, 6.07) is 10.5.